The summed E-state index contributed by atoms with van der Waals surface area (Å²) in [6.07, 6.45) is 8.59. The molecule has 0 spiro atoms. The van der Waals surface area contributed by atoms with Gasteiger partial charge in [-0.25, -0.2) is 4.98 Å². The van der Waals surface area contributed by atoms with Gasteiger partial charge in [0.15, 0.2) is 0 Å². The summed E-state index contributed by atoms with van der Waals surface area (Å²) < 4.78 is 0. The molecule has 4 bridgehead atoms. The summed E-state index contributed by atoms with van der Waals surface area (Å²) in [5.41, 5.74) is 7.05. The molecule has 0 saturated heterocycles. The zero-order chi connectivity index (χ0) is 25.4. The Morgan fingerprint density at radius 2 is 1.57 bits per heavy atom. The highest BCUT2D eigenvalue weighted by Gasteiger charge is 2.54. The topological polar surface area (TPSA) is 113 Å². The third kappa shape index (κ3) is 4.68. The lowest BCUT2D eigenvalue weighted by atomic mass is 9.49. The Balaban J connectivity index is 1.06. The van der Waals surface area contributed by atoms with Gasteiger partial charge in [-0.15, -0.1) is 0 Å². The van der Waals surface area contributed by atoms with Crippen molar-refractivity contribution in [2.24, 2.45) is 23.2 Å². The molecule has 3 amide bonds. The Kier molecular flexibility index (Phi) is 6.10. The zero-order valence-corrected chi connectivity index (χ0v) is 20.7. The van der Waals surface area contributed by atoms with Crippen LogP contribution in [0.25, 0.3) is 22.3 Å². The van der Waals surface area contributed by atoms with Crippen LogP contribution < -0.4 is 16.2 Å². The largest absolute Gasteiger partial charge is 0.355 e. The smallest absolute Gasteiger partial charge is 0.270 e. The van der Waals surface area contributed by atoms with Gasteiger partial charge in [0.25, 0.3) is 5.91 Å². The van der Waals surface area contributed by atoms with Crippen molar-refractivity contribution in [3.63, 3.8) is 0 Å². The summed E-state index contributed by atoms with van der Waals surface area (Å²) in [4.78, 5) is 47.6. The fourth-order valence-corrected chi connectivity index (χ4v) is 7.13. The first-order valence-corrected chi connectivity index (χ1v) is 13.2. The third-order valence-corrected chi connectivity index (χ3v) is 8.36. The first kappa shape index (κ1) is 23.6. The van der Waals surface area contributed by atoms with E-state index in [1.165, 1.54) is 19.3 Å². The lowest BCUT2D eigenvalue weighted by Crippen LogP contribution is -2.54. The highest BCUT2D eigenvalue weighted by Crippen LogP contribution is 2.60. The summed E-state index contributed by atoms with van der Waals surface area (Å²) in [5.74, 6) is 1.38. The van der Waals surface area contributed by atoms with Crippen molar-refractivity contribution in [2.45, 2.75) is 44.9 Å². The van der Waals surface area contributed by atoms with Gasteiger partial charge >= 0.3 is 0 Å². The Morgan fingerprint density at radius 3 is 2.27 bits per heavy atom. The maximum Gasteiger partial charge on any atom is 0.270 e. The van der Waals surface area contributed by atoms with Crippen LogP contribution in [-0.4, -0.2) is 34.2 Å². The van der Waals surface area contributed by atoms with E-state index in [-0.39, 0.29) is 30.2 Å². The van der Waals surface area contributed by atoms with E-state index < -0.39 is 5.91 Å². The van der Waals surface area contributed by atoms with E-state index in [1.54, 1.807) is 12.3 Å². The van der Waals surface area contributed by atoms with Crippen LogP contribution in [0.3, 0.4) is 0 Å². The van der Waals surface area contributed by atoms with Gasteiger partial charge in [0.05, 0.1) is 22.5 Å². The van der Waals surface area contributed by atoms with Crippen molar-refractivity contribution in [1.82, 2.24) is 26.1 Å². The number of hydrazine groups is 1. The second-order valence-corrected chi connectivity index (χ2v) is 11.0. The van der Waals surface area contributed by atoms with Crippen LogP contribution in [0.1, 0.15) is 55.3 Å². The molecule has 4 fully saturated rings. The van der Waals surface area contributed by atoms with Crippen molar-refractivity contribution in [1.29, 1.82) is 0 Å². The minimum absolute atomic E-state index is 0.0919. The molecule has 1 aromatic carbocycles. The summed E-state index contributed by atoms with van der Waals surface area (Å²) in [5, 5.41) is 3.69. The molecule has 7 rings (SSSR count). The molecule has 2 aromatic heterocycles. The number of rotatable bonds is 6. The van der Waals surface area contributed by atoms with Gasteiger partial charge in [-0.05, 0) is 80.5 Å². The van der Waals surface area contributed by atoms with E-state index in [1.807, 2.05) is 42.5 Å². The number of benzene rings is 1. The molecule has 0 aliphatic heterocycles. The zero-order valence-electron chi connectivity index (χ0n) is 20.7. The Bertz CT molecular complexity index is 1320. The van der Waals surface area contributed by atoms with Crippen molar-refractivity contribution >= 4 is 28.6 Å². The standard InChI is InChI=1S/C29H31N5O3/c35-26(8-10-31-28(37)29-15-18-11-19(16-29)13-20(12-18)17-29)33-34-27(36)22-14-25(24-7-3-4-9-30-24)32-23-6-2-1-5-21(22)23/h1-7,9,14,18-20H,8,10-13,15-17H2,(H,31,37)(H,33,35)(H,34,36). The predicted octanol–water partition coefficient (Wildman–Crippen LogP) is 3.78. The highest BCUT2D eigenvalue weighted by molar-refractivity contribution is 6.07. The van der Waals surface area contributed by atoms with Gasteiger partial charge in [0.1, 0.15) is 0 Å². The van der Waals surface area contributed by atoms with Crippen molar-refractivity contribution < 1.29 is 14.4 Å². The quantitative estimate of drug-likeness (QED) is 0.449. The molecular weight excluding hydrogens is 466 g/mol. The van der Waals surface area contributed by atoms with Gasteiger partial charge in [-0.1, -0.05) is 24.3 Å². The molecule has 0 atom stereocenters. The number of pyridine rings is 2. The second kappa shape index (κ2) is 9.57. The van der Waals surface area contributed by atoms with Crippen molar-refractivity contribution in [3.8, 4) is 11.4 Å². The van der Waals surface area contributed by atoms with Crippen LogP contribution in [0, 0.1) is 23.2 Å². The van der Waals surface area contributed by atoms with Crippen LogP contribution >= 0.6 is 0 Å². The number of nitrogens with one attached hydrogen (secondary N) is 3. The molecule has 4 aliphatic rings. The Morgan fingerprint density at radius 1 is 0.865 bits per heavy atom. The number of amides is 3. The number of fused-ring (bicyclic) bond motifs is 1. The number of hydrogen-bond donors (Lipinski definition) is 3. The summed E-state index contributed by atoms with van der Waals surface area (Å²) >= 11 is 0. The van der Waals surface area contributed by atoms with Crippen LogP contribution in [-0.2, 0) is 9.59 Å². The van der Waals surface area contributed by atoms with Gasteiger partial charge < -0.3 is 5.32 Å². The molecule has 0 radical (unpaired) electrons. The van der Waals surface area contributed by atoms with Gasteiger partial charge in [-0.3, -0.25) is 30.2 Å². The van der Waals surface area contributed by atoms with Gasteiger partial charge in [0.2, 0.25) is 11.8 Å². The lowest BCUT2D eigenvalue weighted by molar-refractivity contribution is -0.146. The van der Waals surface area contributed by atoms with Crippen LogP contribution in [0.5, 0.6) is 0 Å². The van der Waals surface area contributed by atoms with Crippen molar-refractivity contribution in [2.75, 3.05) is 6.54 Å². The number of aromatic nitrogens is 2. The SMILES string of the molecule is O=C(CCNC(=O)C12CC3CC(CC(C3)C1)C2)NNC(=O)c1cc(-c2ccccn2)nc2ccccc12. The molecule has 4 aliphatic carbocycles. The molecule has 3 N–H and O–H groups in total. The fourth-order valence-electron chi connectivity index (χ4n) is 7.13. The lowest BCUT2D eigenvalue weighted by Gasteiger charge is -2.55. The average Bonchev–Trinajstić information content (AvgIpc) is 2.90. The molecule has 2 heterocycles. The van der Waals surface area contributed by atoms with Crippen LogP contribution in [0.15, 0.2) is 54.7 Å². The summed E-state index contributed by atoms with van der Waals surface area (Å²) in [7, 11) is 0. The molecule has 4 saturated carbocycles. The first-order chi connectivity index (χ1) is 18.0. The van der Waals surface area contributed by atoms with E-state index in [9.17, 15) is 14.4 Å². The molecule has 190 valence electrons. The summed E-state index contributed by atoms with van der Waals surface area (Å²) in [6, 6.07) is 14.5. The van der Waals surface area contributed by atoms with Gasteiger partial charge in [-0.2, -0.15) is 0 Å². The van der Waals surface area contributed by atoms with Gasteiger partial charge in [0, 0.05) is 30.0 Å². The molecule has 37 heavy (non-hydrogen) atoms. The fraction of sp³-hybridized carbons (Fsp3) is 0.414. The maximum atomic E-state index is 13.1. The van der Waals surface area contributed by atoms with E-state index >= 15 is 0 Å². The van der Waals surface area contributed by atoms with E-state index in [0.29, 0.717) is 45.6 Å². The van der Waals surface area contributed by atoms with Crippen LogP contribution in [0.2, 0.25) is 0 Å². The normalized spacial score (nSPS) is 25.6. The minimum atomic E-state index is -0.443. The minimum Gasteiger partial charge on any atom is -0.355 e. The first-order valence-electron chi connectivity index (χ1n) is 13.2. The predicted molar refractivity (Wildman–Crippen MR) is 139 cm³/mol. The van der Waals surface area contributed by atoms with E-state index in [0.717, 1.165) is 19.3 Å². The van der Waals surface area contributed by atoms with Crippen LogP contribution in [0.4, 0.5) is 0 Å². The molecular formula is C29H31N5O3. The average molecular weight is 498 g/mol. The summed E-state index contributed by atoms with van der Waals surface area (Å²) in [6.45, 7) is 0.254. The number of nitrogens with zero attached hydrogens (tertiary/aromatic N) is 2. The number of carbonyl (C=O) groups excluding carboxylic acids is 3. The maximum absolute atomic E-state index is 13.1. The third-order valence-electron chi connectivity index (χ3n) is 8.36. The number of para-hydroxylation sites is 1. The molecule has 8 nitrogen and oxygen atoms in total. The number of carbonyl (C=O) groups is 3. The van der Waals surface area contributed by atoms with Crippen molar-refractivity contribution in [3.05, 3.63) is 60.3 Å². The number of hydrogen-bond acceptors (Lipinski definition) is 5. The second-order valence-electron chi connectivity index (χ2n) is 11.0. The van der Waals surface area contributed by atoms with E-state index in [4.69, 9.17) is 0 Å². The van der Waals surface area contributed by atoms with E-state index in [2.05, 4.69) is 26.1 Å². The molecule has 0 unspecified atom stereocenters. The highest BCUT2D eigenvalue weighted by atomic mass is 16.2. The Hall–Kier alpha value is -3.81. The molecule has 8 heteroatoms. The molecule has 3 aromatic rings. The Labute approximate surface area is 215 Å². The monoisotopic (exact) mass is 497 g/mol.